The van der Waals surface area contributed by atoms with E-state index in [4.69, 9.17) is 20.6 Å². The predicted octanol–water partition coefficient (Wildman–Crippen LogP) is 4.39. The molecule has 0 aromatic heterocycles. The molecular weight excluding hydrogens is 544 g/mol. The smallest absolute Gasteiger partial charge is 0.253 e. The summed E-state index contributed by atoms with van der Waals surface area (Å²) in [5, 5.41) is 14.4. The molecule has 1 unspecified atom stereocenters. The number of ether oxygens (including phenoxy) is 2. The average molecular weight is 585 g/mol. The highest BCUT2D eigenvalue weighted by Crippen LogP contribution is 2.19. The van der Waals surface area contributed by atoms with Gasteiger partial charge in [-0.3, -0.25) is 15.0 Å². The zero-order valence-corrected chi connectivity index (χ0v) is 24.4. The molecule has 2 aliphatic heterocycles. The third kappa shape index (κ3) is 8.26. The number of nitrogen functional groups attached to an aromatic ring is 1. The Kier molecular flexibility index (Phi) is 10.1. The first-order chi connectivity index (χ1) is 21.0. The van der Waals surface area contributed by atoms with Gasteiger partial charge in [-0.2, -0.15) is 0 Å². The Labute approximate surface area is 252 Å². The first kappa shape index (κ1) is 29.9. The van der Waals surface area contributed by atoms with Gasteiger partial charge in [-0.15, -0.1) is 0 Å². The van der Waals surface area contributed by atoms with Gasteiger partial charge in [-0.25, -0.2) is 0 Å². The van der Waals surface area contributed by atoms with Crippen LogP contribution in [0.1, 0.15) is 52.0 Å². The maximum atomic E-state index is 13.0. The Hall–Kier alpha value is -4.57. The fraction of sp³-hybridized carbons (Fsp3) is 0.364. The highest BCUT2D eigenvalue weighted by Gasteiger charge is 2.21. The molecule has 2 aliphatic rings. The topological polar surface area (TPSA) is 133 Å². The molecule has 3 aromatic carbocycles. The zero-order chi connectivity index (χ0) is 30.0. The zero-order valence-electron chi connectivity index (χ0n) is 24.4. The maximum absolute atomic E-state index is 13.0. The standard InChI is InChI=1S/C33H40N6O4/c34-31(35)24-8-7-13-29(22-24)43-23-30(37-28-12-6-10-26(21-28)33(41)39-17-3-4-18-39)42-19-14-36-27-11-5-9-25(20-27)32(40)38-15-1-2-16-38/h5-13,20-22,30,36-37H,1-4,14-19,23H2,(H3,34,35). The fourth-order valence-electron chi connectivity index (χ4n) is 5.35. The van der Waals surface area contributed by atoms with E-state index in [0.29, 0.717) is 35.6 Å². The van der Waals surface area contributed by atoms with E-state index in [1.54, 1.807) is 24.3 Å². The van der Waals surface area contributed by atoms with Gasteiger partial charge in [-0.1, -0.05) is 24.3 Å². The monoisotopic (exact) mass is 584 g/mol. The second-order valence-corrected chi connectivity index (χ2v) is 10.8. The number of hydrogen-bond donors (Lipinski definition) is 4. The summed E-state index contributed by atoms with van der Waals surface area (Å²) in [5.41, 5.74) is 9.12. The van der Waals surface area contributed by atoms with Gasteiger partial charge in [0.25, 0.3) is 11.8 Å². The van der Waals surface area contributed by atoms with Crippen LogP contribution < -0.4 is 21.1 Å². The summed E-state index contributed by atoms with van der Waals surface area (Å²) in [6.45, 7) is 4.24. The first-order valence-electron chi connectivity index (χ1n) is 14.9. The van der Waals surface area contributed by atoms with Gasteiger partial charge in [0.1, 0.15) is 18.2 Å². The van der Waals surface area contributed by atoms with Crippen LogP contribution in [0.4, 0.5) is 11.4 Å². The third-order valence-electron chi connectivity index (χ3n) is 7.63. The normalized spacial score (nSPS) is 15.3. The van der Waals surface area contributed by atoms with Crippen molar-refractivity contribution in [2.75, 3.05) is 56.6 Å². The number of amidine groups is 1. The maximum Gasteiger partial charge on any atom is 0.253 e. The van der Waals surface area contributed by atoms with Gasteiger partial charge in [0.05, 0.1) is 6.61 Å². The van der Waals surface area contributed by atoms with Crippen LogP contribution in [0.2, 0.25) is 0 Å². The van der Waals surface area contributed by atoms with Gasteiger partial charge in [-0.05, 0) is 74.2 Å². The van der Waals surface area contributed by atoms with E-state index < -0.39 is 6.23 Å². The Morgan fingerprint density at radius 1 is 0.791 bits per heavy atom. The second kappa shape index (κ2) is 14.6. The minimum Gasteiger partial charge on any atom is -0.489 e. The summed E-state index contributed by atoms with van der Waals surface area (Å²) in [4.78, 5) is 29.5. The van der Waals surface area contributed by atoms with Gasteiger partial charge < -0.3 is 35.6 Å². The molecule has 0 radical (unpaired) electrons. The van der Waals surface area contributed by atoms with E-state index in [9.17, 15) is 9.59 Å². The Balaban J connectivity index is 1.21. The molecule has 3 aromatic rings. The van der Waals surface area contributed by atoms with Gasteiger partial charge >= 0.3 is 0 Å². The molecule has 226 valence electrons. The molecule has 2 fully saturated rings. The van der Waals surface area contributed by atoms with Crippen molar-refractivity contribution in [3.63, 3.8) is 0 Å². The molecule has 2 heterocycles. The molecule has 2 saturated heterocycles. The summed E-state index contributed by atoms with van der Waals surface area (Å²) < 4.78 is 12.2. The molecule has 5 N–H and O–H groups in total. The van der Waals surface area contributed by atoms with Crippen molar-refractivity contribution in [1.82, 2.24) is 9.80 Å². The lowest BCUT2D eigenvalue weighted by Gasteiger charge is -2.22. The van der Waals surface area contributed by atoms with Crippen LogP contribution in [-0.4, -0.2) is 79.6 Å². The average Bonchev–Trinajstić information content (AvgIpc) is 3.77. The molecule has 0 saturated carbocycles. The first-order valence-corrected chi connectivity index (χ1v) is 14.9. The van der Waals surface area contributed by atoms with Crippen molar-refractivity contribution in [3.05, 3.63) is 89.5 Å². The number of likely N-dealkylation sites (tertiary alicyclic amines) is 2. The van der Waals surface area contributed by atoms with Crippen molar-refractivity contribution in [3.8, 4) is 5.75 Å². The number of amides is 2. The number of hydrogen-bond acceptors (Lipinski definition) is 7. The van der Waals surface area contributed by atoms with Crippen molar-refractivity contribution in [1.29, 1.82) is 5.41 Å². The van der Waals surface area contributed by atoms with Crippen molar-refractivity contribution in [2.45, 2.75) is 31.9 Å². The van der Waals surface area contributed by atoms with E-state index in [0.717, 1.165) is 63.2 Å². The number of nitrogens with one attached hydrogen (secondary N) is 3. The lowest BCUT2D eigenvalue weighted by Crippen LogP contribution is -2.32. The van der Waals surface area contributed by atoms with Crippen LogP contribution in [-0.2, 0) is 4.74 Å². The van der Waals surface area contributed by atoms with Crippen molar-refractivity contribution >= 4 is 29.0 Å². The van der Waals surface area contributed by atoms with Crippen molar-refractivity contribution < 1.29 is 19.1 Å². The number of benzene rings is 3. The molecule has 10 nitrogen and oxygen atoms in total. The fourth-order valence-corrected chi connectivity index (χ4v) is 5.35. The molecular formula is C33H40N6O4. The summed E-state index contributed by atoms with van der Waals surface area (Å²) in [6, 6.07) is 22.0. The number of carbonyl (C=O) groups is 2. The lowest BCUT2D eigenvalue weighted by molar-refractivity contribution is 0.0441. The summed E-state index contributed by atoms with van der Waals surface area (Å²) in [5.74, 6) is 0.635. The third-order valence-corrected chi connectivity index (χ3v) is 7.63. The number of carbonyl (C=O) groups excluding carboxylic acids is 2. The van der Waals surface area contributed by atoms with Crippen LogP contribution >= 0.6 is 0 Å². The van der Waals surface area contributed by atoms with Gasteiger partial charge in [0.15, 0.2) is 6.23 Å². The van der Waals surface area contributed by atoms with Crippen LogP contribution in [0, 0.1) is 5.41 Å². The van der Waals surface area contributed by atoms with Gasteiger partial charge in [0.2, 0.25) is 0 Å². The van der Waals surface area contributed by atoms with E-state index in [1.807, 2.05) is 58.3 Å². The quantitative estimate of drug-likeness (QED) is 0.101. The second-order valence-electron chi connectivity index (χ2n) is 10.8. The Morgan fingerprint density at radius 2 is 1.35 bits per heavy atom. The molecule has 1 atom stereocenters. The summed E-state index contributed by atoms with van der Waals surface area (Å²) in [6.07, 6.45) is 3.65. The molecule has 0 spiro atoms. The summed E-state index contributed by atoms with van der Waals surface area (Å²) >= 11 is 0. The predicted molar refractivity (Wildman–Crippen MR) is 168 cm³/mol. The minimum absolute atomic E-state index is 0.0329. The van der Waals surface area contributed by atoms with E-state index >= 15 is 0 Å². The molecule has 0 bridgehead atoms. The minimum atomic E-state index is -0.539. The molecule has 5 rings (SSSR count). The molecule has 2 amide bonds. The molecule has 0 aliphatic carbocycles. The van der Waals surface area contributed by atoms with E-state index in [2.05, 4.69) is 10.6 Å². The van der Waals surface area contributed by atoms with Crippen LogP contribution in [0.25, 0.3) is 0 Å². The molecule has 43 heavy (non-hydrogen) atoms. The lowest BCUT2D eigenvalue weighted by atomic mass is 10.1. The summed E-state index contributed by atoms with van der Waals surface area (Å²) in [7, 11) is 0. The van der Waals surface area contributed by atoms with Crippen LogP contribution in [0.15, 0.2) is 72.8 Å². The Morgan fingerprint density at radius 3 is 1.98 bits per heavy atom. The van der Waals surface area contributed by atoms with E-state index in [1.165, 1.54) is 0 Å². The number of anilines is 2. The largest absolute Gasteiger partial charge is 0.489 e. The Bertz CT molecular complexity index is 1420. The SMILES string of the molecule is N=C(N)c1cccc(OCC(Nc2cccc(C(=O)N3CCCC3)c2)OCCNc2cccc(C(=O)N3CCCC3)c2)c1. The van der Waals surface area contributed by atoms with Crippen LogP contribution in [0.3, 0.4) is 0 Å². The van der Waals surface area contributed by atoms with E-state index in [-0.39, 0.29) is 24.3 Å². The molecule has 10 heteroatoms. The van der Waals surface area contributed by atoms with Gasteiger partial charge in [0, 0.05) is 60.8 Å². The number of rotatable bonds is 13. The highest BCUT2D eigenvalue weighted by atomic mass is 16.5. The number of nitrogens with zero attached hydrogens (tertiary/aromatic N) is 2. The van der Waals surface area contributed by atoms with Crippen LogP contribution in [0.5, 0.6) is 5.75 Å². The number of nitrogens with two attached hydrogens (primary N) is 1. The van der Waals surface area contributed by atoms with Crippen molar-refractivity contribution in [2.24, 2.45) is 5.73 Å². The highest BCUT2D eigenvalue weighted by molar-refractivity contribution is 5.96.